The summed E-state index contributed by atoms with van der Waals surface area (Å²) in [6, 6.07) is 1.90. The number of hydrazine groups is 1. The largest absolute Gasteiger partial charge is 0.365 e. The molecule has 0 unspecified atom stereocenters. The van der Waals surface area contributed by atoms with Crippen LogP contribution in [0.5, 0.6) is 0 Å². The van der Waals surface area contributed by atoms with Crippen molar-refractivity contribution in [1.29, 1.82) is 0 Å². The molecule has 1 aliphatic heterocycles. The Hall–Kier alpha value is -1.07. The average molecular weight is 225 g/mol. The smallest absolute Gasteiger partial charge is 0.260 e. The van der Waals surface area contributed by atoms with Crippen LogP contribution in [0.1, 0.15) is 28.9 Å². The number of carbonyl (C=O) groups is 1. The van der Waals surface area contributed by atoms with Crippen LogP contribution >= 0.6 is 11.3 Å². The Labute approximate surface area is 93.0 Å². The van der Waals surface area contributed by atoms with Gasteiger partial charge >= 0.3 is 0 Å². The van der Waals surface area contributed by atoms with Gasteiger partial charge in [0.25, 0.3) is 5.91 Å². The van der Waals surface area contributed by atoms with Crippen molar-refractivity contribution in [2.24, 2.45) is 5.73 Å². The van der Waals surface area contributed by atoms with Crippen LogP contribution in [-0.2, 0) is 0 Å². The Morgan fingerprint density at radius 1 is 1.40 bits per heavy atom. The van der Waals surface area contributed by atoms with Crippen LogP contribution in [0.3, 0.4) is 0 Å². The first-order valence-corrected chi connectivity index (χ1v) is 6.04. The van der Waals surface area contributed by atoms with Gasteiger partial charge in [-0.25, -0.2) is 5.01 Å². The van der Waals surface area contributed by atoms with Gasteiger partial charge in [-0.05, 0) is 24.3 Å². The van der Waals surface area contributed by atoms with Crippen molar-refractivity contribution in [1.82, 2.24) is 5.01 Å². The molecule has 1 aromatic heterocycles. The topological polar surface area (TPSA) is 58.4 Å². The lowest BCUT2D eigenvalue weighted by Gasteiger charge is -2.27. The average Bonchev–Trinajstić information content (AvgIpc) is 2.67. The molecule has 15 heavy (non-hydrogen) atoms. The lowest BCUT2D eigenvalue weighted by molar-refractivity contribution is 0.100. The minimum absolute atomic E-state index is 0.357. The molecule has 1 amide bonds. The first kappa shape index (κ1) is 10.4. The second-order valence-electron chi connectivity index (χ2n) is 3.69. The van der Waals surface area contributed by atoms with Crippen LogP contribution in [0.4, 0.5) is 5.69 Å². The Morgan fingerprint density at radius 3 is 2.80 bits per heavy atom. The van der Waals surface area contributed by atoms with E-state index in [0.717, 1.165) is 18.8 Å². The van der Waals surface area contributed by atoms with Gasteiger partial charge in [0.15, 0.2) is 0 Å². The Bertz CT molecular complexity index is 344. The van der Waals surface area contributed by atoms with E-state index in [1.807, 2.05) is 11.4 Å². The van der Waals surface area contributed by atoms with E-state index in [1.165, 1.54) is 30.6 Å². The number of nitrogens with zero attached hydrogens (tertiary/aromatic N) is 1. The molecular formula is C10H15N3OS. The number of nitrogens with two attached hydrogens (primary N) is 1. The molecule has 1 aliphatic rings. The van der Waals surface area contributed by atoms with Gasteiger partial charge in [-0.3, -0.25) is 4.79 Å². The predicted octanol–water partition coefficient (Wildman–Crippen LogP) is 1.66. The van der Waals surface area contributed by atoms with Crippen molar-refractivity contribution in [3.63, 3.8) is 0 Å². The van der Waals surface area contributed by atoms with E-state index in [4.69, 9.17) is 5.73 Å². The molecule has 0 aromatic carbocycles. The zero-order chi connectivity index (χ0) is 10.7. The molecule has 0 aliphatic carbocycles. The number of hydrogen-bond acceptors (Lipinski definition) is 4. The third-order valence-electron chi connectivity index (χ3n) is 2.52. The monoisotopic (exact) mass is 225 g/mol. The summed E-state index contributed by atoms with van der Waals surface area (Å²) < 4.78 is 0. The van der Waals surface area contributed by atoms with Crippen molar-refractivity contribution in [2.45, 2.75) is 19.3 Å². The fraction of sp³-hybridized carbons (Fsp3) is 0.500. The second kappa shape index (κ2) is 4.63. The van der Waals surface area contributed by atoms with E-state index < -0.39 is 0 Å². The van der Waals surface area contributed by atoms with Gasteiger partial charge in [0.05, 0.1) is 5.69 Å². The Kier molecular flexibility index (Phi) is 3.23. The lowest BCUT2D eigenvalue weighted by atomic mass is 10.2. The first-order chi connectivity index (χ1) is 7.27. The summed E-state index contributed by atoms with van der Waals surface area (Å²) in [5, 5.41) is 4.03. The zero-order valence-corrected chi connectivity index (χ0v) is 9.35. The molecule has 0 saturated carbocycles. The summed E-state index contributed by atoms with van der Waals surface area (Å²) in [6.07, 6.45) is 3.72. The van der Waals surface area contributed by atoms with Crippen molar-refractivity contribution < 1.29 is 4.79 Å². The lowest BCUT2D eigenvalue weighted by Crippen LogP contribution is -2.35. The second-order valence-corrected chi connectivity index (χ2v) is 4.60. The molecule has 3 N–H and O–H groups in total. The van der Waals surface area contributed by atoms with Gasteiger partial charge < -0.3 is 11.2 Å². The maximum absolute atomic E-state index is 11.1. The van der Waals surface area contributed by atoms with E-state index in [0.29, 0.717) is 4.88 Å². The molecule has 0 spiro atoms. The minimum Gasteiger partial charge on any atom is -0.365 e. The highest BCUT2D eigenvalue weighted by Crippen LogP contribution is 2.23. The van der Waals surface area contributed by atoms with Crippen molar-refractivity contribution in [2.75, 3.05) is 18.5 Å². The normalized spacial score (nSPS) is 17.6. The molecule has 0 radical (unpaired) electrons. The van der Waals surface area contributed by atoms with E-state index in [1.54, 1.807) is 0 Å². The Morgan fingerprint density at radius 2 is 2.13 bits per heavy atom. The molecule has 1 fully saturated rings. The van der Waals surface area contributed by atoms with E-state index in [2.05, 4.69) is 10.4 Å². The highest BCUT2D eigenvalue weighted by Gasteiger charge is 2.14. The van der Waals surface area contributed by atoms with Crippen LogP contribution in [0.25, 0.3) is 0 Å². The summed E-state index contributed by atoms with van der Waals surface area (Å²) in [5.74, 6) is -0.357. The highest BCUT2D eigenvalue weighted by atomic mass is 32.1. The standard InChI is InChI=1S/C10H15N3OS/c11-10(14)9-8(4-7-15-9)12-13-5-2-1-3-6-13/h4,7,12H,1-3,5-6H2,(H2,11,14). The summed E-state index contributed by atoms with van der Waals surface area (Å²) in [6.45, 7) is 2.07. The van der Waals surface area contributed by atoms with Crippen LogP contribution in [0.15, 0.2) is 11.4 Å². The number of nitrogens with one attached hydrogen (secondary N) is 1. The van der Waals surface area contributed by atoms with Crippen LogP contribution in [-0.4, -0.2) is 24.0 Å². The maximum Gasteiger partial charge on any atom is 0.260 e. The minimum atomic E-state index is -0.357. The van der Waals surface area contributed by atoms with Gasteiger partial charge in [0.2, 0.25) is 0 Å². The molecule has 0 bridgehead atoms. The number of carbonyl (C=O) groups excluding carboxylic acids is 1. The van der Waals surface area contributed by atoms with E-state index in [9.17, 15) is 4.79 Å². The number of piperidine rings is 1. The fourth-order valence-electron chi connectivity index (χ4n) is 1.76. The molecule has 2 heterocycles. The quantitative estimate of drug-likeness (QED) is 0.822. The van der Waals surface area contributed by atoms with Crippen LogP contribution in [0.2, 0.25) is 0 Å². The zero-order valence-electron chi connectivity index (χ0n) is 8.53. The number of anilines is 1. The predicted molar refractivity (Wildman–Crippen MR) is 61.9 cm³/mol. The number of primary amides is 1. The fourth-order valence-corrected chi connectivity index (χ4v) is 2.46. The van der Waals surface area contributed by atoms with E-state index in [-0.39, 0.29) is 5.91 Å². The molecule has 82 valence electrons. The van der Waals surface area contributed by atoms with Crippen molar-refractivity contribution in [3.8, 4) is 0 Å². The molecular weight excluding hydrogens is 210 g/mol. The molecule has 1 saturated heterocycles. The summed E-state index contributed by atoms with van der Waals surface area (Å²) in [5.41, 5.74) is 9.37. The summed E-state index contributed by atoms with van der Waals surface area (Å²) >= 11 is 1.38. The van der Waals surface area contributed by atoms with Crippen molar-refractivity contribution >= 4 is 22.9 Å². The summed E-state index contributed by atoms with van der Waals surface area (Å²) in [7, 11) is 0. The Balaban J connectivity index is 2.03. The number of rotatable bonds is 3. The third kappa shape index (κ3) is 2.49. The van der Waals surface area contributed by atoms with Gasteiger partial charge in [-0.15, -0.1) is 11.3 Å². The highest BCUT2D eigenvalue weighted by molar-refractivity contribution is 7.12. The molecule has 2 rings (SSSR count). The number of hydrogen-bond donors (Lipinski definition) is 2. The first-order valence-electron chi connectivity index (χ1n) is 5.16. The molecule has 4 nitrogen and oxygen atoms in total. The van der Waals surface area contributed by atoms with Gasteiger partial charge in [0, 0.05) is 13.1 Å². The summed E-state index contributed by atoms with van der Waals surface area (Å²) in [4.78, 5) is 11.7. The molecule has 0 atom stereocenters. The number of amides is 1. The van der Waals surface area contributed by atoms with E-state index >= 15 is 0 Å². The third-order valence-corrected chi connectivity index (χ3v) is 3.45. The maximum atomic E-state index is 11.1. The molecule has 1 aromatic rings. The molecule has 5 heteroatoms. The number of thiophene rings is 1. The van der Waals surface area contributed by atoms with Gasteiger partial charge in [0.1, 0.15) is 4.88 Å². The van der Waals surface area contributed by atoms with Crippen LogP contribution < -0.4 is 11.2 Å². The van der Waals surface area contributed by atoms with Gasteiger partial charge in [-0.2, -0.15) is 0 Å². The van der Waals surface area contributed by atoms with Crippen molar-refractivity contribution in [3.05, 3.63) is 16.3 Å². The van der Waals surface area contributed by atoms with Crippen LogP contribution in [0, 0.1) is 0 Å². The van der Waals surface area contributed by atoms with Gasteiger partial charge in [-0.1, -0.05) is 6.42 Å². The SMILES string of the molecule is NC(=O)c1sccc1NN1CCCCC1.